The van der Waals surface area contributed by atoms with E-state index in [0.717, 1.165) is 11.1 Å². The summed E-state index contributed by atoms with van der Waals surface area (Å²) >= 11 is 0. The Hall–Kier alpha value is -4.20. The highest BCUT2D eigenvalue weighted by Gasteiger charge is 2.46. The number of ether oxygens (including phenoxy) is 1. The van der Waals surface area contributed by atoms with E-state index in [4.69, 9.17) is 14.8 Å². The number of pyridine rings is 2. The van der Waals surface area contributed by atoms with Gasteiger partial charge in [0, 0.05) is 42.0 Å². The van der Waals surface area contributed by atoms with E-state index in [1.54, 1.807) is 19.9 Å². The molecule has 2 amide bonds. The van der Waals surface area contributed by atoms with E-state index in [1.807, 2.05) is 0 Å². The van der Waals surface area contributed by atoms with Crippen LogP contribution in [0.1, 0.15) is 72.0 Å². The van der Waals surface area contributed by atoms with Crippen molar-refractivity contribution < 1.29 is 38.8 Å². The highest BCUT2D eigenvalue weighted by Crippen LogP contribution is 2.45. The van der Waals surface area contributed by atoms with Crippen molar-refractivity contribution in [3.63, 3.8) is 0 Å². The lowest BCUT2D eigenvalue weighted by molar-refractivity contribution is -0.172. The van der Waals surface area contributed by atoms with Crippen molar-refractivity contribution in [1.82, 2.24) is 20.2 Å². The zero-order chi connectivity index (χ0) is 31.5. The third kappa shape index (κ3) is 4.66. The molecule has 2 aliphatic heterocycles. The van der Waals surface area contributed by atoms with Crippen molar-refractivity contribution in [2.24, 2.45) is 0 Å². The van der Waals surface area contributed by atoms with Crippen LogP contribution >= 0.6 is 0 Å². The number of nitrogens with zero attached hydrogens (tertiary/aromatic N) is 2. The molecule has 1 aromatic carbocycles. The lowest BCUT2D eigenvalue weighted by Gasteiger charge is -2.31. The number of esters is 1. The minimum absolute atomic E-state index is 0.00697. The number of fused-ring (bicyclic) bond motifs is 5. The summed E-state index contributed by atoms with van der Waals surface area (Å²) in [5.74, 6) is -2.09. The van der Waals surface area contributed by atoms with E-state index in [1.165, 1.54) is 10.6 Å². The number of amides is 2. The largest absolute Gasteiger partial charge is 0.458 e. The van der Waals surface area contributed by atoms with E-state index >= 15 is 4.39 Å². The second-order valence-electron chi connectivity index (χ2n) is 11.6. The van der Waals surface area contributed by atoms with Crippen LogP contribution in [0.3, 0.4) is 0 Å². The molecule has 0 saturated heterocycles. The van der Waals surface area contributed by atoms with Gasteiger partial charge in [-0.05, 0) is 48.9 Å². The summed E-state index contributed by atoms with van der Waals surface area (Å²) < 4.78 is 21.7. The Morgan fingerprint density at radius 1 is 1.20 bits per heavy atom. The van der Waals surface area contributed by atoms with Crippen LogP contribution in [0.2, 0.25) is 0 Å². The molecule has 232 valence electrons. The van der Waals surface area contributed by atoms with Crippen LogP contribution in [0.25, 0.3) is 22.3 Å². The van der Waals surface area contributed by atoms with E-state index < -0.39 is 47.6 Å². The van der Waals surface area contributed by atoms with Gasteiger partial charge in [-0.3, -0.25) is 14.4 Å². The second kappa shape index (κ2) is 11.1. The first kappa shape index (κ1) is 29.9. The van der Waals surface area contributed by atoms with Crippen LogP contribution in [0.15, 0.2) is 16.9 Å². The van der Waals surface area contributed by atoms with Crippen LogP contribution in [0.5, 0.6) is 0 Å². The molecule has 6 rings (SSSR count). The molecule has 4 heterocycles. The molecule has 3 aliphatic rings. The first-order valence-corrected chi connectivity index (χ1v) is 14.6. The highest BCUT2D eigenvalue weighted by molar-refractivity contribution is 5.94. The van der Waals surface area contributed by atoms with Crippen molar-refractivity contribution in [3.8, 4) is 11.4 Å². The quantitative estimate of drug-likeness (QED) is 0.182. The Morgan fingerprint density at radius 3 is 2.68 bits per heavy atom. The standard InChI is InChI=1S/C31H33FN4O8/c1-3-31(43)19-8-23-28-17(11-36(23)29(41)18(19)13-44-30(31)42)27-21(34-25(40)7-6-24(39)33-10-15(38)12-37)5-4-16-14(2)20(32)9-22(35-28)26(16)27/h8-9,15,21,37-38,43H,3-7,10-13H2,1-2H3,(H,33,39)(H,34,40)/t15?,21-,31-/m0/s1. The van der Waals surface area contributed by atoms with Gasteiger partial charge in [0.2, 0.25) is 11.8 Å². The first-order valence-electron chi connectivity index (χ1n) is 14.6. The second-order valence-corrected chi connectivity index (χ2v) is 11.6. The van der Waals surface area contributed by atoms with Crippen LogP contribution in [0, 0.1) is 12.7 Å². The van der Waals surface area contributed by atoms with E-state index in [0.29, 0.717) is 46.3 Å². The molecule has 0 radical (unpaired) electrons. The Labute approximate surface area is 250 Å². The topological polar surface area (TPSA) is 180 Å². The highest BCUT2D eigenvalue weighted by atomic mass is 19.1. The molecule has 3 atom stereocenters. The van der Waals surface area contributed by atoms with Crippen molar-refractivity contribution in [2.75, 3.05) is 13.2 Å². The summed E-state index contributed by atoms with van der Waals surface area (Å²) in [6, 6.07) is 2.41. The van der Waals surface area contributed by atoms with E-state index in [9.17, 15) is 29.4 Å². The number of hydrogen-bond donors (Lipinski definition) is 5. The lowest BCUT2D eigenvalue weighted by atomic mass is 9.81. The zero-order valence-electron chi connectivity index (χ0n) is 24.3. The number of carbonyl (C=O) groups is 3. The number of nitrogens with one attached hydrogen (secondary N) is 2. The molecule has 2 aromatic heterocycles. The average molecular weight is 609 g/mol. The minimum atomic E-state index is -1.99. The van der Waals surface area contributed by atoms with Gasteiger partial charge in [0.1, 0.15) is 12.4 Å². The molecule has 1 unspecified atom stereocenters. The smallest absolute Gasteiger partial charge is 0.343 e. The summed E-state index contributed by atoms with van der Waals surface area (Å²) in [5.41, 5.74) is 1.73. The number of hydrogen-bond acceptors (Lipinski definition) is 9. The molecule has 0 spiro atoms. The first-order chi connectivity index (χ1) is 21.0. The number of aromatic nitrogens is 2. The van der Waals surface area contributed by atoms with Gasteiger partial charge in [-0.2, -0.15) is 0 Å². The average Bonchev–Trinajstić information content (AvgIpc) is 3.38. The molecular weight excluding hydrogens is 575 g/mol. The molecule has 12 nitrogen and oxygen atoms in total. The Kier molecular flexibility index (Phi) is 7.50. The maximum Gasteiger partial charge on any atom is 0.343 e. The van der Waals surface area contributed by atoms with Gasteiger partial charge in [0.15, 0.2) is 5.60 Å². The number of aliphatic hydroxyl groups excluding tert-OH is 2. The van der Waals surface area contributed by atoms with Gasteiger partial charge in [-0.15, -0.1) is 0 Å². The van der Waals surface area contributed by atoms with Crippen LogP contribution in [-0.2, 0) is 44.3 Å². The predicted molar refractivity (Wildman–Crippen MR) is 154 cm³/mol. The number of halogens is 1. The third-order valence-corrected chi connectivity index (χ3v) is 9.04. The fourth-order valence-corrected chi connectivity index (χ4v) is 6.58. The normalized spacial score (nSPS) is 20.4. The third-order valence-electron chi connectivity index (χ3n) is 9.04. The van der Waals surface area contributed by atoms with Crippen molar-refractivity contribution in [2.45, 2.75) is 76.9 Å². The Balaban J connectivity index is 1.41. The van der Waals surface area contributed by atoms with Crippen LogP contribution in [0.4, 0.5) is 4.39 Å². The van der Waals surface area contributed by atoms with Crippen molar-refractivity contribution in [1.29, 1.82) is 0 Å². The maximum absolute atomic E-state index is 15.1. The van der Waals surface area contributed by atoms with Gasteiger partial charge in [-0.1, -0.05) is 6.92 Å². The molecule has 13 heteroatoms. The summed E-state index contributed by atoms with van der Waals surface area (Å²) in [4.78, 5) is 56.3. The van der Waals surface area contributed by atoms with Crippen LogP contribution < -0.4 is 16.2 Å². The summed E-state index contributed by atoms with van der Waals surface area (Å²) in [6.07, 6.45) is -0.433. The number of aliphatic hydroxyl groups is 3. The molecule has 0 bridgehead atoms. The summed E-state index contributed by atoms with van der Waals surface area (Å²) in [7, 11) is 0. The maximum atomic E-state index is 15.1. The van der Waals surface area contributed by atoms with Gasteiger partial charge < -0.3 is 35.3 Å². The van der Waals surface area contributed by atoms with Gasteiger partial charge in [0.25, 0.3) is 5.56 Å². The SMILES string of the molecule is CC[C@@]1(O)C(=O)OCc2c1cc1n(c2=O)Cc2c-1nc1cc(F)c(C)c3c1c2[C@@H](NC(=O)CCC(=O)NCC(O)CO)CC3. The Morgan fingerprint density at radius 2 is 1.95 bits per heavy atom. The number of benzene rings is 1. The number of aryl methyl sites for hydroxylation is 1. The molecule has 44 heavy (non-hydrogen) atoms. The number of rotatable bonds is 8. The van der Waals surface area contributed by atoms with E-state index in [2.05, 4.69) is 10.6 Å². The van der Waals surface area contributed by atoms with Crippen molar-refractivity contribution in [3.05, 3.63) is 61.7 Å². The Bertz CT molecular complexity index is 1800. The summed E-state index contributed by atoms with van der Waals surface area (Å²) in [5, 5.41) is 35.7. The van der Waals surface area contributed by atoms with Crippen molar-refractivity contribution >= 4 is 28.7 Å². The monoisotopic (exact) mass is 608 g/mol. The lowest BCUT2D eigenvalue weighted by Crippen LogP contribution is -2.44. The predicted octanol–water partition coefficient (Wildman–Crippen LogP) is 0.880. The molecule has 0 saturated carbocycles. The summed E-state index contributed by atoms with van der Waals surface area (Å²) in [6.45, 7) is 2.53. The molecule has 5 N–H and O–H groups in total. The minimum Gasteiger partial charge on any atom is -0.458 e. The molecule has 0 fully saturated rings. The van der Waals surface area contributed by atoms with Gasteiger partial charge in [0.05, 0.1) is 47.8 Å². The fraction of sp³-hybridized carbons (Fsp3) is 0.452. The number of carbonyl (C=O) groups excluding carboxylic acids is 3. The zero-order valence-corrected chi connectivity index (χ0v) is 24.3. The molecule has 1 aliphatic carbocycles. The molecular formula is C31H33FN4O8. The van der Waals surface area contributed by atoms with E-state index in [-0.39, 0.29) is 56.0 Å². The molecule has 3 aromatic rings. The van der Waals surface area contributed by atoms with Gasteiger partial charge in [-0.25, -0.2) is 14.2 Å². The number of cyclic esters (lactones) is 1. The van der Waals surface area contributed by atoms with Gasteiger partial charge >= 0.3 is 5.97 Å². The fourth-order valence-electron chi connectivity index (χ4n) is 6.58. The van der Waals surface area contributed by atoms with Crippen LogP contribution in [-0.4, -0.2) is 61.9 Å².